The topological polar surface area (TPSA) is 132 Å². The first-order chi connectivity index (χ1) is 17.3. The average Bonchev–Trinajstić information content (AvgIpc) is 3.50. The van der Waals surface area contributed by atoms with Crippen LogP contribution in [0.5, 0.6) is 0 Å². The van der Waals surface area contributed by atoms with Crippen LogP contribution >= 0.6 is 23.8 Å². The molecule has 180 valence electrons. The van der Waals surface area contributed by atoms with Crippen molar-refractivity contribution in [1.82, 2.24) is 10.2 Å². The van der Waals surface area contributed by atoms with Crippen molar-refractivity contribution in [2.24, 2.45) is 0 Å². The van der Waals surface area contributed by atoms with Gasteiger partial charge in [-0.3, -0.25) is 9.10 Å². The second-order valence-corrected chi connectivity index (χ2v) is 10.5. The fourth-order valence-electron chi connectivity index (χ4n) is 3.93. The first-order valence-corrected chi connectivity index (χ1v) is 12.8. The van der Waals surface area contributed by atoms with E-state index in [-0.39, 0.29) is 21.2 Å². The average molecular weight is 538 g/mol. The Labute approximate surface area is 216 Å². The van der Waals surface area contributed by atoms with Gasteiger partial charge in [-0.2, -0.15) is 5.26 Å². The number of halogens is 1. The lowest BCUT2D eigenvalue weighted by Crippen LogP contribution is -2.29. The van der Waals surface area contributed by atoms with Crippen LogP contribution in [0, 0.1) is 16.2 Å². The van der Waals surface area contributed by atoms with Crippen molar-refractivity contribution in [3.05, 3.63) is 87.2 Å². The van der Waals surface area contributed by atoms with Crippen LogP contribution in [0.4, 0.5) is 11.4 Å². The predicted octanol–water partition coefficient (Wildman–Crippen LogP) is 4.93. The Kier molecular flexibility index (Phi) is 6.09. The third kappa shape index (κ3) is 4.37. The van der Waals surface area contributed by atoms with Gasteiger partial charge in [0.25, 0.3) is 20.8 Å². The van der Waals surface area contributed by atoms with E-state index in [0.29, 0.717) is 40.5 Å². The lowest BCUT2D eigenvalue weighted by atomic mass is 10.1. The molecular weight excluding hydrogens is 522 g/mol. The summed E-state index contributed by atoms with van der Waals surface area (Å²) in [4.78, 5) is 13.1. The van der Waals surface area contributed by atoms with E-state index in [0.717, 1.165) is 5.56 Å². The number of anilines is 2. The van der Waals surface area contributed by atoms with Gasteiger partial charge in [-0.25, -0.2) is 13.5 Å². The Morgan fingerprint density at radius 3 is 2.64 bits per heavy atom. The molecule has 1 aliphatic heterocycles. The molecule has 36 heavy (non-hydrogen) atoms. The SMILES string of the molecule is N#Cc1ccc(NC(=O)c2ccc(S(=O)(=O)N3CCc4cc(Cl)ccc43)cc2)c(-c2n[nH]c(=S)o2)c1. The van der Waals surface area contributed by atoms with Gasteiger partial charge in [0.15, 0.2) is 0 Å². The Bertz CT molecular complexity index is 1710. The number of nitrogens with zero attached hydrogens (tertiary/aromatic N) is 3. The molecule has 12 heteroatoms. The van der Waals surface area contributed by atoms with Crippen LogP contribution in [0.1, 0.15) is 21.5 Å². The predicted molar refractivity (Wildman–Crippen MR) is 136 cm³/mol. The number of aromatic amines is 1. The lowest BCUT2D eigenvalue weighted by molar-refractivity contribution is 0.102. The molecule has 5 rings (SSSR count). The fourth-order valence-corrected chi connectivity index (χ4v) is 5.76. The Morgan fingerprint density at radius 1 is 1.17 bits per heavy atom. The number of amides is 1. The van der Waals surface area contributed by atoms with Gasteiger partial charge in [0, 0.05) is 17.1 Å². The van der Waals surface area contributed by atoms with Gasteiger partial charge in [-0.05, 0) is 84.9 Å². The molecule has 2 heterocycles. The van der Waals surface area contributed by atoms with Crippen LogP contribution in [-0.4, -0.2) is 31.1 Å². The molecule has 0 unspecified atom stereocenters. The number of fused-ring (bicyclic) bond motifs is 1. The lowest BCUT2D eigenvalue weighted by Gasteiger charge is -2.19. The molecule has 0 fully saturated rings. The fraction of sp³-hybridized carbons (Fsp3) is 0.0833. The highest BCUT2D eigenvalue weighted by molar-refractivity contribution is 7.92. The van der Waals surface area contributed by atoms with E-state index in [9.17, 15) is 18.5 Å². The van der Waals surface area contributed by atoms with Crippen molar-refractivity contribution in [1.29, 1.82) is 5.26 Å². The molecule has 0 radical (unpaired) electrons. The molecule has 0 atom stereocenters. The van der Waals surface area contributed by atoms with Crippen LogP contribution in [-0.2, 0) is 16.4 Å². The van der Waals surface area contributed by atoms with Gasteiger partial charge in [0.2, 0.25) is 5.89 Å². The van der Waals surface area contributed by atoms with Crippen molar-refractivity contribution >= 4 is 51.1 Å². The summed E-state index contributed by atoms with van der Waals surface area (Å²) in [5, 5.41) is 19.0. The second-order valence-electron chi connectivity index (χ2n) is 7.87. The molecule has 3 aromatic carbocycles. The molecule has 1 aliphatic rings. The van der Waals surface area contributed by atoms with E-state index < -0.39 is 15.9 Å². The maximum Gasteiger partial charge on any atom is 0.284 e. The summed E-state index contributed by atoms with van der Waals surface area (Å²) in [5.41, 5.74) is 2.75. The molecule has 1 amide bonds. The van der Waals surface area contributed by atoms with Crippen molar-refractivity contribution in [2.45, 2.75) is 11.3 Å². The van der Waals surface area contributed by atoms with Gasteiger partial charge in [0.1, 0.15) is 0 Å². The number of carbonyl (C=O) groups is 1. The van der Waals surface area contributed by atoms with Crippen LogP contribution in [0.25, 0.3) is 11.5 Å². The summed E-state index contributed by atoms with van der Waals surface area (Å²) in [5.74, 6) is -0.374. The number of nitrogens with one attached hydrogen (secondary N) is 2. The van der Waals surface area contributed by atoms with Crippen LogP contribution < -0.4 is 9.62 Å². The van der Waals surface area contributed by atoms with E-state index in [2.05, 4.69) is 15.5 Å². The van der Waals surface area contributed by atoms with Gasteiger partial charge < -0.3 is 9.73 Å². The van der Waals surface area contributed by atoms with Crippen molar-refractivity contribution < 1.29 is 17.6 Å². The summed E-state index contributed by atoms with van der Waals surface area (Å²) in [7, 11) is -3.82. The van der Waals surface area contributed by atoms with Crippen LogP contribution in [0.15, 0.2) is 70.0 Å². The summed E-state index contributed by atoms with van der Waals surface area (Å²) < 4.78 is 33.2. The Morgan fingerprint density at radius 2 is 1.94 bits per heavy atom. The summed E-state index contributed by atoms with van der Waals surface area (Å²) >= 11 is 10.9. The van der Waals surface area contributed by atoms with Crippen LogP contribution in [0.3, 0.4) is 0 Å². The number of hydrogen-bond acceptors (Lipinski definition) is 7. The van der Waals surface area contributed by atoms with Gasteiger partial charge in [-0.15, -0.1) is 5.10 Å². The van der Waals surface area contributed by atoms with E-state index in [1.54, 1.807) is 24.3 Å². The molecule has 0 spiro atoms. The van der Waals surface area contributed by atoms with Crippen molar-refractivity contribution in [2.75, 3.05) is 16.2 Å². The third-order valence-electron chi connectivity index (χ3n) is 5.66. The highest BCUT2D eigenvalue weighted by atomic mass is 35.5. The van der Waals surface area contributed by atoms with E-state index in [1.165, 1.54) is 40.7 Å². The number of benzene rings is 3. The summed E-state index contributed by atoms with van der Waals surface area (Å²) in [6.45, 7) is 0.311. The minimum absolute atomic E-state index is 0.0464. The zero-order valence-electron chi connectivity index (χ0n) is 18.4. The first-order valence-electron chi connectivity index (χ1n) is 10.6. The number of carbonyl (C=O) groups excluding carboxylic acids is 1. The molecule has 0 saturated carbocycles. The molecular formula is C24H16ClN5O4S2. The molecule has 4 aromatic rings. The zero-order valence-corrected chi connectivity index (χ0v) is 20.7. The maximum absolute atomic E-state index is 13.3. The Hall–Kier alpha value is -3.98. The maximum atomic E-state index is 13.3. The summed E-state index contributed by atoms with van der Waals surface area (Å²) in [6.07, 6.45) is 0.567. The molecule has 1 aromatic heterocycles. The third-order valence-corrected chi connectivity index (χ3v) is 7.90. The number of rotatable bonds is 5. The normalized spacial score (nSPS) is 12.7. The van der Waals surface area contributed by atoms with Crippen LogP contribution in [0.2, 0.25) is 5.02 Å². The number of nitriles is 1. The van der Waals surface area contributed by atoms with E-state index in [1.807, 2.05) is 6.07 Å². The van der Waals surface area contributed by atoms with E-state index >= 15 is 0 Å². The molecule has 9 nitrogen and oxygen atoms in total. The Balaban J connectivity index is 1.39. The second kappa shape index (κ2) is 9.23. The van der Waals surface area contributed by atoms with Gasteiger partial charge in [-0.1, -0.05) is 11.6 Å². The number of H-pyrrole nitrogens is 1. The van der Waals surface area contributed by atoms with Crippen molar-refractivity contribution in [3.8, 4) is 17.5 Å². The van der Waals surface area contributed by atoms with Gasteiger partial charge >= 0.3 is 0 Å². The number of aromatic nitrogens is 2. The largest absolute Gasteiger partial charge is 0.409 e. The highest BCUT2D eigenvalue weighted by Gasteiger charge is 2.31. The smallest absolute Gasteiger partial charge is 0.284 e. The molecule has 0 aliphatic carbocycles. The summed E-state index contributed by atoms with van der Waals surface area (Å²) in [6, 6.07) is 17.4. The molecule has 0 saturated heterocycles. The first kappa shape index (κ1) is 23.7. The quantitative estimate of drug-likeness (QED) is 0.345. The zero-order chi connectivity index (χ0) is 25.4. The highest BCUT2D eigenvalue weighted by Crippen LogP contribution is 2.35. The van der Waals surface area contributed by atoms with E-state index in [4.69, 9.17) is 28.2 Å². The minimum Gasteiger partial charge on any atom is -0.409 e. The molecule has 0 bridgehead atoms. The standard InChI is InChI=1S/C24H16ClN5O4S2/c25-17-4-8-21-16(12-17)9-10-30(21)36(32,33)18-5-2-15(3-6-18)22(31)27-20-7-1-14(13-26)11-19(20)23-28-29-24(35)34-23/h1-8,11-12H,9-10H2,(H,27,31)(H,29,35). The monoisotopic (exact) mass is 537 g/mol. The minimum atomic E-state index is -3.82. The molecule has 2 N–H and O–H groups in total. The number of hydrogen-bond donors (Lipinski definition) is 2. The number of sulfonamides is 1. The van der Waals surface area contributed by atoms with Gasteiger partial charge in [0.05, 0.1) is 33.5 Å². The van der Waals surface area contributed by atoms with Crippen molar-refractivity contribution in [3.63, 3.8) is 0 Å².